The predicted octanol–water partition coefficient (Wildman–Crippen LogP) is -0.715. The van der Waals surface area contributed by atoms with Crippen molar-refractivity contribution in [3.8, 4) is 0 Å². The van der Waals surface area contributed by atoms with Gasteiger partial charge in [0.05, 0.1) is 18.5 Å². The maximum atomic E-state index is 11.8. The summed E-state index contributed by atoms with van der Waals surface area (Å²) in [4.78, 5) is 2.25. The number of likely N-dealkylation sites (N-methyl/N-ethyl adjacent to an activating group) is 1. The molecule has 2 atom stereocenters. The molecule has 0 aromatic heterocycles. The highest BCUT2D eigenvalue weighted by Gasteiger charge is 2.23. The van der Waals surface area contributed by atoms with E-state index in [1.807, 2.05) is 0 Å². The van der Waals surface area contributed by atoms with Crippen molar-refractivity contribution in [3.05, 3.63) is 0 Å². The normalized spacial score (nSPS) is 31.1. The van der Waals surface area contributed by atoms with E-state index in [0.717, 1.165) is 38.5 Å². The van der Waals surface area contributed by atoms with E-state index in [1.54, 1.807) is 0 Å². The molecule has 0 aromatic rings. The zero-order chi connectivity index (χ0) is 10.7. The van der Waals surface area contributed by atoms with Crippen LogP contribution in [0.3, 0.4) is 0 Å². The third-order valence-corrected chi connectivity index (χ3v) is 4.59. The fraction of sp³-hybridized carbons (Fsp3) is 1.00. The van der Waals surface area contributed by atoms with Gasteiger partial charge in [-0.15, -0.1) is 0 Å². The lowest BCUT2D eigenvalue weighted by molar-refractivity contribution is -0.00643. The lowest BCUT2D eigenvalue weighted by Gasteiger charge is -2.31. The highest BCUT2D eigenvalue weighted by Crippen LogP contribution is 2.09. The summed E-state index contributed by atoms with van der Waals surface area (Å²) in [6.07, 6.45) is 0.178. The monoisotopic (exact) mass is 232 g/mol. The number of hydrogen-bond donors (Lipinski definition) is 1. The molecule has 2 fully saturated rings. The molecule has 0 bridgehead atoms. The molecule has 4 nitrogen and oxygen atoms in total. The van der Waals surface area contributed by atoms with Crippen LogP contribution in [0.1, 0.15) is 0 Å². The fourth-order valence-electron chi connectivity index (χ4n) is 1.97. The van der Waals surface area contributed by atoms with Gasteiger partial charge in [-0.25, -0.2) is 0 Å². The van der Waals surface area contributed by atoms with E-state index in [9.17, 15) is 4.21 Å². The first kappa shape index (κ1) is 11.5. The van der Waals surface area contributed by atoms with Crippen molar-refractivity contribution in [1.29, 1.82) is 0 Å². The minimum Gasteiger partial charge on any atom is -0.375 e. The molecule has 0 radical (unpaired) electrons. The van der Waals surface area contributed by atoms with Crippen LogP contribution in [0.5, 0.6) is 0 Å². The van der Waals surface area contributed by atoms with E-state index < -0.39 is 10.8 Å². The molecule has 0 aliphatic carbocycles. The second kappa shape index (κ2) is 5.39. The van der Waals surface area contributed by atoms with Gasteiger partial charge in [-0.05, 0) is 13.0 Å². The Morgan fingerprint density at radius 1 is 1.47 bits per heavy atom. The van der Waals surface area contributed by atoms with E-state index >= 15 is 0 Å². The van der Waals surface area contributed by atoms with Gasteiger partial charge in [-0.3, -0.25) is 4.21 Å². The molecular formula is C10H20N2O2S. The van der Waals surface area contributed by atoms with E-state index in [4.69, 9.17) is 4.74 Å². The van der Waals surface area contributed by atoms with Crippen molar-refractivity contribution in [2.45, 2.75) is 6.10 Å². The first-order valence-corrected chi connectivity index (χ1v) is 7.08. The zero-order valence-electron chi connectivity index (χ0n) is 9.28. The number of rotatable bonds is 4. The highest BCUT2D eigenvalue weighted by atomic mass is 32.2. The average molecular weight is 232 g/mol. The molecule has 2 rings (SSSR count). The van der Waals surface area contributed by atoms with Crippen LogP contribution < -0.4 is 5.32 Å². The number of nitrogens with one attached hydrogen (secondary N) is 1. The number of hydrogen-bond acceptors (Lipinski definition) is 4. The molecule has 2 unspecified atom stereocenters. The molecule has 2 aliphatic rings. The Balaban J connectivity index is 1.68. The largest absolute Gasteiger partial charge is 0.375 e. The second-order valence-electron chi connectivity index (χ2n) is 4.55. The van der Waals surface area contributed by atoms with Crippen LogP contribution in [0.4, 0.5) is 0 Å². The highest BCUT2D eigenvalue weighted by molar-refractivity contribution is 7.85. The molecule has 0 saturated carbocycles. The second-order valence-corrected chi connectivity index (χ2v) is 6.10. The quantitative estimate of drug-likeness (QED) is 0.695. The van der Waals surface area contributed by atoms with Crippen LogP contribution in [0.15, 0.2) is 0 Å². The van der Waals surface area contributed by atoms with Crippen LogP contribution in [0.2, 0.25) is 0 Å². The number of morpholine rings is 1. The Bertz CT molecular complexity index is 233. The summed E-state index contributed by atoms with van der Waals surface area (Å²) in [6, 6.07) is 0. The van der Waals surface area contributed by atoms with Crippen molar-refractivity contribution in [1.82, 2.24) is 10.2 Å². The standard InChI is InChI=1S/C10H20N2O2S/c1-12-2-3-14-10(6-12)8-15(13)7-9-4-11-5-9/h9-11H,2-8H2,1H3. The third-order valence-electron chi connectivity index (χ3n) is 3.00. The molecule has 2 saturated heterocycles. The maximum Gasteiger partial charge on any atom is 0.0817 e. The summed E-state index contributed by atoms with van der Waals surface area (Å²) in [5.41, 5.74) is 0. The smallest absolute Gasteiger partial charge is 0.0817 e. The van der Waals surface area contributed by atoms with Gasteiger partial charge in [0, 0.05) is 42.7 Å². The van der Waals surface area contributed by atoms with Gasteiger partial charge in [0.1, 0.15) is 0 Å². The Morgan fingerprint density at radius 2 is 2.27 bits per heavy atom. The minimum atomic E-state index is -0.703. The lowest BCUT2D eigenvalue weighted by atomic mass is 10.1. The Morgan fingerprint density at radius 3 is 2.87 bits per heavy atom. The summed E-state index contributed by atoms with van der Waals surface area (Å²) in [6.45, 7) is 4.78. The maximum absolute atomic E-state index is 11.8. The van der Waals surface area contributed by atoms with Crippen molar-refractivity contribution >= 4 is 10.8 Å². The van der Waals surface area contributed by atoms with Crippen LogP contribution in [0, 0.1) is 5.92 Å². The Kier molecular flexibility index (Phi) is 4.13. The molecule has 2 heterocycles. The zero-order valence-corrected chi connectivity index (χ0v) is 10.1. The molecule has 1 N–H and O–H groups in total. The van der Waals surface area contributed by atoms with Crippen molar-refractivity contribution < 1.29 is 8.95 Å². The number of nitrogens with zero attached hydrogens (tertiary/aromatic N) is 1. The topological polar surface area (TPSA) is 41.6 Å². The SMILES string of the molecule is CN1CCOC(CS(=O)CC2CNC2)C1. The van der Waals surface area contributed by atoms with Crippen molar-refractivity contribution in [3.63, 3.8) is 0 Å². The molecule has 15 heavy (non-hydrogen) atoms. The summed E-state index contributed by atoms with van der Waals surface area (Å²) in [7, 11) is 1.39. The molecule has 88 valence electrons. The minimum absolute atomic E-state index is 0.178. The summed E-state index contributed by atoms with van der Waals surface area (Å²) in [5, 5.41) is 3.20. The molecule has 0 spiro atoms. The van der Waals surface area contributed by atoms with Gasteiger partial charge < -0.3 is 15.0 Å². The van der Waals surface area contributed by atoms with E-state index in [1.165, 1.54) is 0 Å². The van der Waals surface area contributed by atoms with Crippen LogP contribution in [0.25, 0.3) is 0 Å². The predicted molar refractivity (Wildman–Crippen MR) is 61.5 cm³/mol. The number of ether oxygens (including phenoxy) is 1. The fourth-order valence-corrected chi connectivity index (χ4v) is 3.49. The van der Waals surface area contributed by atoms with Gasteiger partial charge in [0.15, 0.2) is 0 Å². The van der Waals surface area contributed by atoms with Gasteiger partial charge in [0.2, 0.25) is 0 Å². The summed E-state index contributed by atoms with van der Waals surface area (Å²) in [5.74, 6) is 2.18. The van der Waals surface area contributed by atoms with Gasteiger partial charge in [-0.1, -0.05) is 0 Å². The van der Waals surface area contributed by atoms with Crippen molar-refractivity contribution in [2.75, 3.05) is 51.3 Å². The molecule has 2 aliphatic heterocycles. The van der Waals surface area contributed by atoms with E-state index in [2.05, 4.69) is 17.3 Å². The van der Waals surface area contributed by atoms with E-state index in [0.29, 0.717) is 11.7 Å². The van der Waals surface area contributed by atoms with Crippen molar-refractivity contribution in [2.24, 2.45) is 5.92 Å². The third kappa shape index (κ3) is 3.52. The van der Waals surface area contributed by atoms with Gasteiger partial charge in [-0.2, -0.15) is 0 Å². The molecule has 5 heteroatoms. The van der Waals surface area contributed by atoms with Crippen LogP contribution in [-0.4, -0.2) is 66.6 Å². The molecule has 0 aromatic carbocycles. The molecular weight excluding hydrogens is 212 g/mol. The van der Waals surface area contributed by atoms with Gasteiger partial charge in [0.25, 0.3) is 0 Å². The molecule has 0 amide bonds. The Labute approximate surface area is 93.8 Å². The Hall–Kier alpha value is 0.0300. The van der Waals surface area contributed by atoms with Gasteiger partial charge >= 0.3 is 0 Å². The summed E-state index contributed by atoms with van der Waals surface area (Å²) >= 11 is 0. The van der Waals surface area contributed by atoms with Crippen LogP contribution >= 0.6 is 0 Å². The lowest BCUT2D eigenvalue weighted by Crippen LogP contribution is -2.46. The average Bonchev–Trinajstić information content (AvgIpc) is 2.11. The van der Waals surface area contributed by atoms with E-state index in [-0.39, 0.29) is 6.10 Å². The summed E-state index contributed by atoms with van der Waals surface area (Å²) < 4.78 is 17.4. The first-order chi connectivity index (χ1) is 7.24. The first-order valence-electron chi connectivity index (χ1n) is 5.60. The van der Waals surface area contributed by atoms with Crippen LogP contribution in [-0.2, 0) is 15.5 Å².